The van der Waals surface area contributed by atoms with Crippen molar-refractivity contribution in [1.82, 2.24) is 4.90 Å². The molecule has 2 aromatic carbocycles. The highest BCUT2D eigenvalue weighted by Crippen LogP contribution is 2.39. The number of carbonyl (C=O) groups excluding carboxylic acids is 2. The number of phenols is 1. The molecule has 1 saturated heterocycles. The van der Waals surface area contributed by atoms with E-state index >= 15 is 0 Å². The van der Waals surface area contributed by atoms with Gasteiger partial charge in [-0.15, -0.1) is 0 Å². The second-order valence-electron chi connectivity index (χ2n) is 6.44. The Morgan fingerprint density at radius 1 is 1.07 bits per heavy atom. The van der Waals surface area contributed by atoms with Crippen molar-refractivity contribution in [3.63, 3.8) is 0 Å². The summed E-state index contributed by atoms with van der Waals surface area (Å²) in [5, 5.41) is 20.4. The Labute approximate surface area is 157 Å². The highest BCUT2D eigenvalue weighted by Gasteiger charge is 2.45. The first-order valence-corrected chi connectivity index (χ1v) is 8.57. The van der Waals surface area contributed by atoms with Crippen LogP contribution in [0.3, 0.4) is 0 Å². The van der Waals surface area contributed by atoms with Crippen LogP contribution in [-0.4, -0.2) is 47.1 Å². The van der Waals surface area contributed by atoms with Gasteiger partial charge in [0.05, 0.1) is 18.2 Å². The van der Waals surface area contributed by atoms with Gasteiger partial charge < -0.3 is 19.8 Å². The summed E-state index contributed by atoms with van der Waals surface area (Å²) in [4.78, 5) is 26.7. The third-order valence-corrected chi connectivity index (χ3v) is 4.61. The quantitative estimate of drug-likeness (QED) is 0.482. The van der Waals surface area contributed by atoms with Crippen molar-refractivity contribution in [2.24, 2.45) is 0 Å². The zero-order valence-electron chi connectivity index (χ0n) is 15.2. The van der Waals surface area contributed by atoms with Crippen molar-refractivity contribution >= 4 is 17.4 Å². The predicted octanol–water partition coefficient (Wildman–Crippen LogP) is 2.77. The number of methoxy groups -OCH3 is 1. The van der Waals surface area contributed by atoms with Crippen LogP contribution in [0.1, 0.15) is 22.7 Å². The number of hydrogen-bond donors (Lipinski definition) is 2. The SMILES string of the molecule is COCCN1C(=O)C(=O)C(=C(O)c2ccc(C)cc2)[C@@H]1c1ccc(O)cc1. The predicted molar refractivity (Wildman–Crippen MR) is 100 cm³/mol. The highest BCUT2D eigenvalue weighted by molar-refractivity contribution is 6.46. The van der Waals surface area contributed by atoms with E-state index in [1.165, 1.54) is 24.1 Å². The monoisotopic (exact) mass is 367 g/mol. The van der Waals surface area contributed by atoms with Crippen LogP contribution >= 0.6 is 0 Å². The normalized spacial score (nSPS) is 18.9. The summed E-state index contributed by atoms with van der Waals surface area (Å²) in [6.45, 7) is 2.38. The number of phenolic OH excluding ortho intramolecular Hbond substituents is 1. The van der Waals surface area contributed by atoms with Crippen LogP contribution in [0.4, 0.5) is 0 Å². The molecular weight excluding hydrogens is 346 g/mol. The number of likely N-dealkylation sites (tertiary alicyclic amines) is 1. The summed E-state index contributed by atoms with van der Waals surface area (Å²) >= 11 is 0. The Morgan fingerprint density at radius 3 is 2.30 bits per heavy atom. The van der Waals surface area contributed by atoms with Crippen LogP contribution in [0.25, 0.3) is 5.76 Å². The van der Waals surface area contributed by atoms with Gasteiger partial charge in [-0.1, -0.05) is 42.0 Å². The minimum Gasteiger partial charge on any atom is -0.508 e. The molecule has 3 rings (SSSR count). The highest BCUT2D eigenvalue weighted by atomic mass is 16.5. The summed E-state index contributed by atoms with van der Waals surface area (Å²) in [6.07, 6.45) is 0. The maximum absolute atomic E-state index is 12.7. The topological polar surface area (TPSA) is 87.1 Å². The summed E-state index contributed by atoms with van der Waals surface area (Å²) < 4.78 is 5.06. The number of ether oxygens (including phenoxy) is 1. The molecule has 1 aliphatic heterocycles. The van der Waals surface area contributed by atoms with E-state index in [1.807, 2.05) is 19.1 Å². The van der Waals surface area contributed by atoms with E-state index in [4.69, 9.17) is 4.74 Å². The fraction of sp³-hybridized carbons (Fsp3) is 0.238. The van der Waals surface area contributed by atoms with E-state index < -0.39 is 17.7 Å². The lowest BCUT2D eigenvalue weighted by atomic mass is 9.95. The molecule has 1 heterocycles. The standard InChI is InChI=1S/C21H21NO5/c1-13-3-5-15(6-4-13)19(24)17-18(14-7-9-16(23)10-8-14)22(11-12-27-2)21(26)20(17)25/h3-10,18,23-24H,11-12H2,1-2H3/t18-/m0/s1. The zero-order chi connectivity index (χ0) is 19.6. The number of aromatic hydroxyl groups is 1. The van der Waals surface area contributed by atoms with E-state index in [-0.39, 0.29) is 30.2 Å². The fourth-order valence-corrected chi connectivity index (χ4v) is 3.17. The lowest BCUT2D eigenvalue weighted by Crippen LogP contribution is -2.32. The maximum Gasteiger partial charge on any atom is 0.295 e. The molecule has 2 N–H and O–H groups in total. The molecule has 27 heavy (non-hydrogen) atoms. The maximum atomic E-state index is 12.7. The Morgan fingerprint density at radius 2 is 1.70 bits per heavy atom. The average Bonchev–Trinajstić information content (AvgIpc) is 2.91. The van der Waals surface area contributed by atoms with Gasteiger partial charge in [0.1, 0.15) is 11.5 Å². The summed E-state index contributed by atoms with van der Waals surface area (Å²) in [5.74, 6) is -1.56. The van der Waals surface area contributed by atoms with Gasteiger partial charge >= 0.3 is 0 Å². The van der Waals surface area contributed by atoms with Crippen LogP contribution in [0, 0.1) is 6.92 Å². The largest absolute Gasteiger partial charge is 0.508 e. The van der Waals surface area contributed by atoms with E-state index in [0.717, 1.165) is 5.56 Å². The number of ketones is 1. The molecule has 6 heteroatoms. The van der Waals surface area contributed by atoms with Crippen LogP contribution < -0.4 is 0 Å². The van der Waals surface area contributed by atoms with Gasteiger partial charge in [0.25, 0.3) is 11.7 Å². The molecule has 0 unspecified atom stereocenters. The summed E-state index contributed by atoms with van der Waals surface area (Å²) in [5.41, 5.74) is 2.14. The lowest BCUT2D eigenvalue weighted by Gasteiger charge is -2.25. The van der Waals surface area contributed by atoms with E-state index in [2.05, 4.69) is 0 Å². The third-order valence-electron chi connectivity index (χ3n) is 4.61. The lowest BCUT2D eigenvalue weighted by molar-refractivity contribution is -0.140. The minimum atomic E-state index is -0.748. The first kappa shape index (κ1) is 18.7. The number of aliphatic hydroxyl groups is 1. The number of amides is 1. The van der Waals surface area contributed by atoms with Crippen molar-refractivity contribution < 1.29 is 24.5 Å². The zero-order valence-corrected chi connectivity index (χ0v) is 15.2. The number of rotatable bonds is 5. The average molecular weight is 367 g/mol. The number of benzene rings is 2. The van der Waals surface area contributed by atoms with Gasteiger partial charge in [-0.3, -0.25) is 9.59 Å². The van der Waals surface area contributed by atoms with Crippen LogP contribution in [0.5, 0.6) is 5.75 Å². The number of nitrogens with zero attached hydrogens (tertiary/aromatic N) is 1. The van der Waals surface area contributed by atoms with E-state index in [9.17, 15) is 19.8 Å². The third kappa shape index (κ3) is 3.57. The number of hydrogen-bond acceptors (Lipinski definition) is 5. The molecule has 1 fully saturated rings. The van der Waals surface area contributed by atoms with Gasteiger partial charge in [0, 0.05) is 19.2 Å². The van der Waals surface area contributed by atoms with Crippen LogP contribution in [0.15, 0.2) is 54.1 Å². The van der Waals surface area contributed by atoms with Crippen molar-refractivity contribution in [3.8, 4) is 5.75 Å². The molecule has 1 atom stereocenters. The smallest absolute Gasteiger partial charge is 0.295 e. The molecule has 0 aromatic heterocycles. The molecule has 1 amide bonds. The Hall–Kier alpha value is -3.12. The summed E-state index contributed by atoms with van der Waals surface area (Å²) in [7, 11) is 1.51. The molecule has 1 aliphatic rings. The number of carbonyl (C=O) groups is 2. The van der Waals surface area contributed by atoms with Crippen molar-refractivity contribution in [1.29, 1.82) is 0 Å². The molecule has 2 aromatic rings. The molecule has 0 bridgehead atoms. The number of aliphatic hydroxyl groups excluding tert-OH is 1. The van der Waals surface area contributed by atoms with Crippen molar-refractivity contribution in [3.05, 3.63) is 70.8 Å². The molecule has 0 radical (unpaired) electrons. The number of aryl methyl sites for hydroxylation is 1. The summed E-state index contributed by atoms with van der Waals surface area (Å²) in [6, 6.07) is 12.6. The molecular formula is C21H21NO5. The van der Waals surface area contributed by atoms with Crippen molar-refractivity contribution in [2.75, 3.05) is 20.3 Å². The van der Waals surface area contributed by atoms with Crippen molar-refractivity contribution in [2.45, 2.75) is 13.0 Å². The first-order valence-electron chi connectivity index (χ1n) is 8.57. The van der Waals surface area contributed by atoms with Crippen LogP contribution in [0.2, 0.25) is 0 Å². The van der Waals surface area contributed by atoms with Gasteiger partial charge in [-0.05, 0) is 24.6 Å². The number of Topliss-reactive ketones (excluding diaryl/α,β-unsaturated/α-hetero) is 1. The molecule has 140 valence electrons. The Kier molecular flexibility index (Phi) is 5.28. The van der Waals surface area contributed by atoms with Gasteiger partial charge in [0.2, 0.25) is 0 Å². The van der Waals surface area contributed by atoms with Gasteiger partial charge in [0.15, 0.2) is 0 Å². The van der Waals surface area contributed by atoms with Crippen LogP contribution in [-0.2, 0) is 14.3 Å². The minimum absolute atomic E-state index is 0.0330. The Balaban J connectivity index is 2.14. The van der Waals surface area contributed by atoms with E-state index in [0.29, 0.717) is 11.1 Å². The molecule has 0 saturated carbocycles. The second-order valence-corrected chi connectivity index (χ2v) is 6.44. The second kappa shape index (κ2) is 7.63. The Bertz CT molecular complexity index is 884. The molecule has 6 nitrogen and oxygen atoms in total. The van der Waals surface area contributed by atoms with Gasteiger partial charge in [-0.25, -0.2) is 0 Å². The van der Waals surface area contributed by atoms with Gasteiger partial charge in [-0.2, -0.15) is 0 Å². The first-order chi connectivity index (χ1) is 12.9. The fourth-order valence-electron chi connectivity index (χ4n) is 3.17. The molecule has 0 aliphatic carbocycles. The van der Waals surface area contributed by atoms with E-state index in [1.54, 1.807) is 24.3 Å². The molecule has 0 spiro atoms.